The van der Waals surface area contributed by atoms with Gasteiger partial charge in [0.1, 0.15) is 0 Å². The van der Waals surface area contributed by atoms with Crippen LogP contribution in [0.15, 0.2) is 11.6 Å². The van der Waals surface area contributed by atoms with Crippen LogP contribution in [0.25, 0.3) is 0 Å². The van der Waals surface area contributed by atoms with Crippen LogP contribution in [0.2, 0.25) is 0 Å². The molecule has 188 valence electrons. The summed E-state index contributed by atoms with van der Waals surface area (Å²) in [6.45, 7) is 17.0. The highest BCUT2D eigenvalue weighted by Crippen LogP contribution is 2.75. The fourth-order valence-electron chi connectivity index (χ4n) is 10.7. The van der Waals surface area contributed by atoms with Gasteiger partial charge in [0.05, 0.1) is 18.8 Å². The molecule has 33 heavy (non-hydrogen) atoms. The zero-order valence-electron chi connectivity index (χ0n) is 22.4. The van der Waals surface area contributed by atoms with Crippen molar-refractivity contribution in [3.05, 3.63) is 11.6 Å². The normalized spacial score (nSPS) is 54.8. The maximum absolute atomic E-state index is 11.7. The molecule has 4 saturated carbocycles. The Morgan fingerprint density at radius 2 is 1.52 bits per heavy atom. The highest BCUT2D eigenvalue weighted by Gasteiger charge is 2.69. The summed E-state index contributed by atoms with van der Waals surface area (Å²) in [6.07, 6.45) is 11.3. The SMILES string of the molecule is CC1(C)CC[C@]2(CO)[C@H](O)C[C@]3(C)C(=CC[C@H]4[C@@]5(C)CC[C@H](O)C(C)(C)[C@H]5CC[C@]43C)[C@H]2C1. The molecule has 0 saturated heterocycles. The van der Waals surface area contributed by atoms with Gasteiger partial charge in [0.25, 0.3) is 0 Å². The molecule has 0 spiro atoms. The summed E-state index contributed by atoms with van der Waals surface area (Å²) in [6, 6.07) is 0. The largest absolute Gasteiger partial charge is 0.396 e. The van der Waals surface area contributed by atoms with E-state index < -0.39 is 6.10 Å². The second-order valence-electron chi connectivity index (χ2n) is 15.2. The van der Waals surface area contributed by atoms with Crippen LogP contribution < -0.4 is 0 Å². The lowest BCUT2D eigenvalue weighted by Gasteiger charge is -2.72. The van der Waals surface area contributed by atoms with E-state index in [4.69, 9.17) is 0 Å². The predicted octanol–water partition coefficient (Wildman–Crippen LogP) is 6.11. The van der Waals surface area contributed by atoms with Gasteiger partial charge in [0.15, 0.2) is 0 Å². The van der Waals surface area contributed by atoms with E-state index in [-0.39, 0.29) is 51.1 Å². The summed E-state index contributed by atoms with van der Waals surface area (Å²) >= 11 is 0. The number of fused-ring (bicyclic) bond motifs is 7. The number of aliphatic hydroxyl groups excluding tert-OH is 3. The summed E-state index contributed by atoms with van der Waals surface area (Å²) in [7, 11) is 0. The van der Waals surface area contributed by atoms with Crippen molar-refractivity contribution < 1.29 is 15.3 Å². The molecule has 0 bridgehead atoms. The average Bonchev–Trinajstić information content (AvgIpc) is 2.71. The van der Waals surface area contributed by atoms with Gasteiger partial charge in [-0.3, -0.25) is 0 Å². The molecule has 0 aromatic carbocycles. The third kappa shape index (κ3) is 2.91. The molecule has 0 amide bonds. The summed E-state index contributed by atoms with van der Waals surface area (Å²) in [5.41, 5.74) is 1.78. The minimum Gasteiger partial charge on any atom is -0.396 e. The smallest absolute Gasteiger partial charge is 0.0632 e. The standard InChI is InChI=1S/C30H50O3/c1-25(2)14-15-30(18-31)20(16-25)19-8-9-22-27(5)12-11-23(32)26(3,4)21(27)10-13-28(22,6)29(19,7)17-24(30)33/h8,20-24,31-33H,9-18H2,1-7H3/t20-,21-,22+,23+,24-,27+,28-,29-,30-/m1/s1. The first-order valence-corrected chi connectivity index (χ1v) is 13.9. The molecule has 5 aliphatic carbocycles. The lowest BCUT2D eigenvalue weighted by Crippen LogP contribution is -2.67. The van der Waals surface area contributed by atoms with Crippen molar-refractivity contribution in [1.29, 1.82) is 0 Å². The number of aliphatic hydroxyl groups is 3. The minimum absolute atomic E-state index is 0.0275. The van der Waals surface area contributed by atoms with Crippen molar-refractivity contribution in [2.24, 2.45) is 50.2 Å². The van der Waals surface area contributed by atoms with Gasteiger partial charge in [-0.1, -0.05) is 60.1 Å². The van der Waals surface area contributed by atoms with Gasteiger partial charge in [-0.25, -0.2) is 0 Å². The maximum Gasteiger partial charge on any atom is 0.0632 e. The number of hydrogen-bond acceptors (Lipinski definition) is 3. The Hall–Kier alpha value is -0.380. The van der Waals surface area contributed by atoms with E-state index in [9.17, 15) is 15.3 Å². The number of hydrogen-bond donors (Lipinski definition) is 3. The van der Waals surface area contributed by atoms with E-state index >= 15 is 0 Å². The highest BCUT2D eigenvalue weighted by molar-refractivity contribution is 5.35. The van der Waals surface area contributed by atoms with Gasteiger partial charge < -0.3 is 15.3 Å². The molecule has 3 heteroatoms. The lowest BCUT2D eigenvalue weighted by molar-refractivity contribution is -0.218. The van der Waals surface area contributed by atoms with Crippen LogP contribution in [0, 0.1) is 50.2 Å². The summed E-state index contributed by atoms with van der Waals surface area (Å²) in [5.74, 6) is 1.41. The Labute approximate surface area is 202 Å². The van der Waals surface area contributed by atoms with E-state index in [0.717, 1.165) is 44.9 Å². The highest BCUT2D eigenvalue weighted by atomic mass is 16.3. The Bertz CT molecular complexity index is 843. The van der Waals surface area contributed by atoms with Crippen molar-refractivity contribution in [3.8, 4) is 0 Å². The molecule has 0 aliphatic heterocycles. The first-order chi connectivity index (χ1) is 15.2. The van der Waals surface area contributed by atoms with E-state index in [0.29, 0.717) is 11.8 Å². The molecule has 3 N–H and O–H groups in total. The lowest BCUT2D eigenvalue weighted by atomic mass is 9.33. The Morgan fingerprint density at radius 1 is 0.818 bits per heavy atom. The molecule has 9 atom stereocenters. The monoisotopic (exact) mass is 458 g/mol. The van der Waals surface area contributed by atoms with Gasteiger partial charge in [-0.05, 0) is 103 Å². The zero-order chi connectivity index (χ0) is 24.2. The van der Waals surface area contributed by atoms with Gasteiger partial charge in [0, 0.05) is 5.41 Å². The van der Waals surface area contributed by atoms with Crippen molar-refractivity contribution in [1.82, 2.24) is 0 Å². The average molecular weight is 459 g/mol. The fraction of sp³-hybridized carbons (Fsp3) is 0.933. The predicted molar refractivity (Wildman–Crippen MR) is 134 cm³/mol. The first-order valence-electron chi connectivity index (χ1n) is 13.9. The summed E-state index contributed by atoms with van der Waals surface area (Å²) in [5, 5.41) is 33.3. The van der Waals surface area contributed by atoms with E-state index in [1.165, 1.54) is 12.8 Å². The quantitative estimate of drug-likeness (QED) is 0.415. The van der Waals surface area contributed by atoms with Crippen LogP contribution in [0.4, 0.5) is 0 Å². The Balaban J connectivity index is 1.61. The van der Waals surface area contributed by atoms with Crippen molar-refractivity contribution in [3.63, 3.8) is 0 Å². The van der Waals surface area contributed by atoms with Crippen LogP contribution in [0.3, 0.4) is 0 Å². The van der Waals surface area contributed by atoms with Crippen molar-refractivity contribution in [2.45, 2.75) is 118 Å². The summed E-state index contributed by atoms with van der Waals surface area (Å²) < 4.78 is 0. The zero-order valence-corrected chi connectivity index (χ0v) is 22.4. The second kappa shape index (κ2) is 7.10. The molecule has 3 nitrogen and oxygen atoms in total. The van der Waals surface area contributed by atoms with Gasteiger partial charge >= 0.3 is 0 Å². The third-order valence-electron chi connectivity index (χ3n) is 13.2. The van der Waals surface area contributed by atoms with Crippen molar-refractivity contribution >= 4 is 0 Å². The molecule has 4 fully saturated rings. The number of rotatable bonds is 1. The van der Waals surface area contributed by atoms with Crippen LogP contribution in [0.1, 0.15) is 106 Å². The fourth-order valence-corrected chi connectivity index (χ4v) is 10.7. The minimum atomic E-state index is -0.434. The van der Waals surface area contributed by atoms with Gasteiger partial charge in [-0.2, -0.15) is 0 Å². The Morgan fingerprint density at radius 3 is 2.18 bits per heavy atom. The third-order valence-corrected chi connectivity index (χ3v) is 13.2. The molecular formula is C30H50O3. The molecule has 0 aromatic rings. The van der Waals surface area contributed by atoms with E-state index in [1.807, 2.05) is 0 Å². The molecule has 0 aromatic heterocycles. The molecular weight excluding hydrogens is 408 g/mol. The van der Waals surface area contributed by atoms with Crippen LogP contribution >= 0.6 is 0 Å². The van der Waals surface area contributed by atoms with E-state index in [2.05, 4.69) is 54.5 Å². The maximum atomic E-state index is 11.7. The van der Waals surface area contributed by atoms with Crippen LogP contribution in [-0.4, -0.2) is 34.1 Å². The molecule has 0 heterocycles. The number of allylic oxidation sites excluding steroid dienone is 2. The van der Waals surface area contributed by atoms with Crippen molar-refractivity contribution in [2.75, 3.05) is 6.61 Å². The molecule has 5 aliphatic rings. The topological polar surface area (TPSA) is 60.7 Å². The van der Waals surface area contributed by atoms with Gasteiger partial charge in [-0.15, -0.1) is 0 Å². The van der Waals surface area contributed by atoms with Crippen LogP contribution in [0.5, 0.6) is 0 Å². The molecule has 0 radical (unpaired) electrons. The van der Waals surface area contributed by atoms with E-state index in [1.54, 1.807) is 5.57 Å². The molecule has 5 rings (SSSR count). The Kier molecular flexibility index (Phi) is 5.23. The van der Waals surface area contributed by atoms with Gasteiger partial charge in [0.2, 0.25) is 0 Å². The second-order valence-corrected chi connectivity index (χ2v) is 15.2. The van der Waals surface area contributed by atoms with Crippen LogP contribution in [-0.2, 0) is 0 Å². The first kappa shape index (κ1) is 24.3. The summed E-state index contributed by atoms with van der Waals surface area (Å²) in [4.78, 5) is 0. The molecule has 0 unspecified atom stereocenters.